The zero-order valence-corrected chi connectivity index (χ0v) is 10.9. The number of carboxylic acid groups (broad SMARTS) is 1. The van der Waals surface area contributed by atoms with Crippen molar-refractivity contribution in [2.45, 2.75) is 13.8 Å². The lowest BCUT2D eigenvalue weighted by atomic mass is 10.1. The van der Waals surface area contributed by atoms with Crippen LogP contribution in [0.5, 0.6) is 0 Å². The Bertz CT molecular complexity index is 525. The number of carbonyl (C=O) groups is 1. The topological polar surface area (TPSA) is 40.5 Å². The molecule has 0 fully saturated rings. The van der Waals surface area contributed by atoms with E-state index in [4.69, 9.17) is 5.11 Å². The van der Waals surface area contributed by atoms with E-state index in [0.29, 0.717) is 12.2 Å². The van der Waals surface area contributed by atoms with Gasteiger partial charge in [0.2, 0.25) is 0 Å². The van der Waals surface area contributed by atoms with Crippen LogP contribution in [0.4, 0.5) is 23.2 Å². The molecule has 7 heteroatoms. The van der Waals surface area contributed by atoms with Gasteiger partial charge in [-0.2, -0.15) is 0 Å². The van der Waals surface area contributed by atoms with E-state index in [9.17, 15) is 22.4 Å². The summed E-state index contributed by atoms with van der Waals surface area (Å²) in [5.41, 5.74) is -1.85. The van der Waals surface area contributed by atoms with E-state index in [2.05, 4.69) is 0 Å². The van der Waals surface area contributed by atoms with Crippen LogP contribution in [-0.2, 0) is 4.79 Å². The largest absolute Gasteiger partial charge is 0.478 e. The predicted octanol–water partition coefficient (Wildman–Crippen LogP) is 3.19. The fourth-order valence-corrected chi connectivity index (χ4v) is 1.76. The Kier molecular flexibility index (Phi) is 5.12. The summed E-state index contributed by atoms with van der Waals surface area (Å²) in [6.45, 7) is 3.48. The summed E-state index contributed by atoms with van der Waals surface area (Å²) < 4.78 is 55.2. The van der Waals surface area contributed by atoms with E-state index >= 15 is 0 Å². The molecule has 3 nitrogen and oxygen atoms in total. The molecule has 0 bridgehead atoms. The number of hydrogen-bond donors (Lipinski definition) is 1. The van der Waals surface area contributed by atoms with Crippen LogP contribution < -0.4 is 4.90 Å². The van der Waals surface area contributed by atoms with Crippen LogP contribution in [0.1, 0.15) is 19.4 Å². The number of hydrogen-bond acceptors (Lipinski definition) is 2. The van der Waals surface area contributed by atoms with Gasteiger partial charge in [-0.1, -0.05) is 0 Å². The molecule has 110 valence electrons. The van der Waals surface area contributed by atoms with Crippen LogP contribution in [0.3, 0.4) is 0 Å². The van der Waals surface area contributed by atoms with E-state index < -0.39 is 40.5 Å². The van der Waals surface area contributed by atoms with Crippen molar-refractivity contribution in [2.24, 2.45) is 0 Å². The number of aliphatic carboxylic acids is 1. The van der Waals surface area contributed by atoms with Crippen molar-refractivity contribution in [3.05, 3.63) is 34.9 Å². The summed E-state index contributed by atoms with van der Waals surface area (Å²) in [6.07, 6.45) is 0.878. The lowest BCUT2D eigenvalue weighted by Crippen LogP contribution is -2.25. The van der Waals surface area contributed by atoms with Crippen molar-refractivity contribution < 1.29 is 27.5 Å². The monoisotopic (exact) mass is 291 g/mol. The molecular weight excluding hydrogens is 278 g/mol. The third kappa shape index (κ3) is 2.92. The summed E-state index contributed by atoms with van der Waals surface area (Å²) >= 11 is 0. The normalized spacial score (nSPS) is 11.1. The van der Waals surface area contributed by atoms with Gasteiger partial charge in [-0.25, -0.2) is 22.4 Å². The highest BCUT2D eigenvalue weighted by Crippen LogP contribution is 2.31. The summed E-state index contributed by atoms with van der Waals surface area (Å²) in [4.78, 5) is 11.4. The second-order valence-corrected chi connectivity index (χ2v) is 3.86. The maximum atomic E-state index is 13.8. The van der Waals surface area contributed by atoms with Crippen molar-refractivity contribution in [3.8, 4) is 0 Å². The van der Waals surface area contributed by atoms with Gasteiger partial charge in [0.25, 0.3) is 0 Å². The number of anilines is 1. The minimum Gasteiger partial charge on any atom is -0.478 e. The van der Waals surface area contributed by atoms with Crippen molar-refractivity contribution in [2.75, 3.05) is 18.0 Å². The molecule has 1 rings (SSSR count). The van der Waals surface area contributed by atoms with Gasteiger partial charge in [-0.15, -0.1) is 0 Å². The van der Waals surface area contributed by atoms with Crippen LogP contribution in [0.25, 0.3) is 6.08 Å². The van der Waals surface area contributed by atoms with E-state index in [-0.39, 0.29) is 13.1 Å². The Labute approximate surface area is 113 Å². The highest BCUT2D eigenvalue weighted by Gasteiger charge is 2.26. The third-order valence-electron chi connectivity index (χ3n) is 2.75. The van der Waals surface area contributed by atoms with Gasteiger partial charge in [0.1, 0.15) is 5.69 Å². The standard InChI is InChI=1S/C13H13F4NO2/c1-3-18(4-2)13-11(16)9(14)7(5-6-8(19)20)10(15)12(13)17/h5-6H,3-4H2,1-2H3,(H,19,20)/b6-5+. The molecule has 0 aliphatic rings. The molecule has 0 radical (unpaired) electrons. The Morgan fingerprint density at radius 1 is 1.05 bits per heavy atom. The molecule has 0 aromatic heterocycles. The molecule has 0 saturated heterocycles. The summed E-state index contributed by atoms with van der Waals surface area (Å²) in [7, 11) is 0. The Balaban J connectivity index is 3.52. The molecule has 0 unspecified atom stereocenters. The molecule has 0 atom stereocenters. The predicted molar refractivity (Wildman–Crippen MR) is 66.5 cm³/mol. The molecular formula is C13H13F4NO2. The molecule has 0 aliphatic heterocycles. The second kappa shape index (κ2) is 6.40. The van der Waals surface area contributed by atoms with Gasteiger partial charge in [0.05, 0.1) is 5.56 Å². The quantitative estimate of drug-likeness (QED) is 0.514. The molecule has 0 aliphatic carbocycles. The number of rotatable bonds is 5. The smallest absolute Gasteiger partial charge is 0.328 e. The van der Waals surface area contributed by atoms with Crippen LogP contribution in [-0.4, -0.2) is 24.2 Å². The highest BCUT2D eigenvalue weighted by atomic mass is 19.2. The molecule has 0 saturated carbocycles. The Hall–Kier alpha value is -2.05. The summed E-state index contributed by atoms with van der Waals surface area (Å²) in [6, 6.07) is 0. The summed E-state index contributed by atoms with van der Waals surface area (Å²) in [5, 5.41) is 8.39. The van der Waals surface area contributed by atoms with E-state index in [0.717, 1.165) is 4.90 Å². The molecule has 1 N–H and O–H groups in total. The van der Waals surface area contributed by atoms with E-state index in [1.54, 1.807) is 13.8 Å². The van der Waals surface area contributed by atoms with Crippen LogP contribution in [0.15, 0.2) is 6.08 Å². The molecule has 0 spiro atoms. The summed E-state index contributed by atoms with van der Waals surface area (Å²) in [5.74, 6) is -7.82. The van der Waals surface area contributed by atoms with Crippen molar-refractivity contribution in [1.29, 1.82) is 0 Å². The molecule has 1 aromatic rings. The molecule has 20 heavy (non-hydrogen) atoms. The van der Waals surface area contributed by atoms with Crippen LogP contribution >= 0.6 is 0 Å². The van der Waals surface area contributed by atoms with Crippen molar-refractivity contribution >= 4 is 17.7 Å². The van der Waals surface area contributed by atoms with E-state index in [1.807, 2.05) is 0 Å². The van der Waals surface area contributed by atoms with E-state index in [1.165, 1.54) is 0 Å². The zero-order chi connectivity index (χ0) is 15.4. The van der Waals surface area contributed by atoms with Crippen molar-refractivity contribution in [1.82, 2.24) is 0 Å². The Morgan fingerprint density at radius 2 is 1.50 bits per heavy atom. The third-order valence-corrected chi connectivity index (χ3v) is 2.75. The van der Waals surface area contributed by atoms with Gasteiger partial charge in [-0.05, 0) is 19.9 Å². The first-order chi connectivity index (χ1) is 9.34. The van der Waals surface area contributed by atoms with Crippen LogP contribution in [0, 0.1) is 23.3 Å². The van der Waals surface area contributed by atoms with Gasteiger partial charge in [0.15, 0.2) is 23.3 Å². The second-order valence-electron chi connectivity index (χ2n) is 3.86. The maximum Gasteiger partial charge on any atom is 0.328 e. The van der Waals surface area contributed by atoms with Gasteiger partial charge in [0, 0.05) is 19.2 Å². The fourth-order valence-electron chi connectivity index (χ4n) is 1.76. The first kappa shape index (κ1) is 16.0. The van der Waals surface area contributed by atoms with Gasteiger partial charge >= 0.3 is 5.97 Å². The molecule has 0 amide bonds. The zero-order valence-electron chi connectivity index (χ0n) is 10.9. The number of nitrogens with zero attached hydrogens (tertiary/aromatic N) is 1. The van der Waals surface area contributed by atoms with Gasteiger partial charge < -0.3 is 10.0 Å². The lowest BCUT2D eigenvalue weighted by molar-refractivity contribution is -0.131. The number of halogens is 4. The van der Waals surface area contributed by atoms with Gasteiger partial charge in [-0.3, -0.25) is 0 Å². The molecule has 0 heterocycles. The first-order valence-corrected chi connectivity index (χ1v) is 5.86. The number of carboxylic acids is 1. The maximum absolute atomic E-state index is 13.8. The van der Waals surface area contributed by atoms with Crippen molar-refractivity contribution in [3.63, 3.8) is 0 Å². The highest BCUT2D eigenvalue weighted by molar-refractivity contribution is 5.85. The average molecular weight is 291 g/mol. The molecule has 1 aromatic carbocycles. The number of benzene rings is 1. The minimum absolute atomic E-state index is 0.160. The first-order valence-electron chi connectivity index (χ1n) is 5.86. The fraction of sp³-hybridized carbons (Fsp3) is 0.308. The lowest BCUT2D eigenvalue weighted by Gasteiger charge is -2.23. The Morgan fingerprint density at radius 3 is 1.85 bits per heavy atom. The average Bonchev–Trinajstić information content (AvgIpc) is 2.41. The minimum atomic E-state index is -1.62. The van der Waals surface area contributed by atoms with Crippen LogP contribution in [0.2, 0.25) is 0 Å². The SMILES string of the molecule is CCN(CC)c1c(F)c(F)c(/C=C/C(=O)O)c(F)c1F.